The Kier molecular flexibility index (Phi) is 2.78. The molecule has 1 saturated carbocycles. The van der Waals surface area contributed by atoms with Gasteiger partial charge in [0.1, 0.15) is 10.5 Å². The van der Waals surface area contributed by atoms with Crippen molar-refractivity contribution in [2.75, 3.05) is 0 Å². The molecule has 2 aromatic rings. The monoisotopic (exact) mass is 256 g/mol. The number of H-pyrrole nitrogens is 1. The number of aryl methyl sites for hydroxylation is 2. The summed E-state index contributed by atoms with van der Waals surface area (Å²) >= 11 is 5.28. The van der Waals surface area contributed by atoms with Gasteiger partial charge in [0.2, 0.25) is 0 Å². The first-order chi connectivity index (χ1) is 8.63. The molecule has 0 bridgehead atoms. The maximum Gasteiger partial charge on any atom is 0.130 e. The Morgan fingerprint density at radius 3 is 2.72 bits per heavy atom. The van der Waals surface area contributed by atoms with E-state index in [-0.39, 0.29) is 0 Å². The van der Waals surface area contributed by atoms with E-state index in [1.165, 1.54) is 29.5 Å². The maximum atomic E-state index is 5.28. The van der Waals surface area contributed by atoms with Gasteiger partial charge in [-0.2, -0.15) is 0 Å². The third-order valence-electron chi connectivity index (χ3n) is 3.41. The molecule has 0 aliphatic heterocycles. The Labute approximate surface area is 112 Å². The van der Waals surface area contributed by atoms with Crippen LogP contribution < -0.4 is 0 Å². The van der Waals surface area contributed by atoms with Gasteiger partial charge in [-0.3, -0.25) is 0 Å². The number of nitrogens with one attached hydrogen (secondary N) is 1. The second-order valence-corrected chi connectivity index (χ2v) is 5.53. The van der Waals surface area contributed by atoms with Crippen LogP contribution in [0.5, 0.6) is 0 Å². The number of aromatic nitrogens is 2. The summed E-state index contributed by atoms with van der Waals surface area (Å²) in [6, 6.07) is 8.45. The van der Waals surface area contributed by atoms with E-state index in [1.54, 1.807) is 0 Å². The van der Waals surface area contributed by atoms with E-state index >= 15 is 0 Å². The molecular formula is C15H16N2S. The molecule has 1 fully saturated rings. The van der Waals surface area contributed by atoms with E-state index in [4.69, 9.17) is 12.2 Å². The molecule has 3 rings (SSSR count). The van der Waals surface area contributed by atoms with E-state index in [1.807, 2.05) is 6.07 Å². The lowest BCUT2D eigenvalue weighted by molar-refractivity contribution is 0.923. The molecule has 18 heavy (non-hydrogen) atoms. The second kappa shape index (κ2) is 4.32. The summed E-state index contributed by atoms with van der Waals surface area (Å²) in [5.74, 6) is 1.65. The lowest BCUT2D eigenvalue weighted by atomic mass is 10.0. The van der Waals surface area contributed by atoms with Gasteiger partial charge in [0, 0.05) is 17.2 Å². The van der Waals surface area contributed by atoms with Gasteiger partial charge in [0.05, 0.1) is 0 Å². The first-order valence-electron chi connectivity index (χ1n) is 6.32. The molecule has 0 spiro atoms. The summed E-state index contributed by atoms with van der Waals surface area (Å²) in [7, 11) is 0. The van der Waals surface area contributed by atoms with Crippen LogP contribution in [0.2, 0.25) is 0 Å². The summed E-state index contributed by atoms with van der Waals surface area (Å²) < 4.78 is 0.687. The largest absolute Gasteiger partial charge is 0.343 e. The van der Waals surface area contributed by atoms with Gasteiger partial charge in [-0.25, -0.2) is 4.98 Å². The average Bonchev–Trinajstić information content (AvgIpc) is 3.15. The molecule has 1 heterocycles. The van der Waals surface area contributed by atoms with Gasteiger partial charge in [-0.05, 0) is 44.4 Å². The fraction of sp³-hybridized carbons (Fsp3) is 0.333. The van der Waals surface area contributed by atoms with Gasteiger partial charge in [0.25, 0.3) is 0 Å². The van der Waals surface area contributed by atoms with Gasteiger partial charge in [-0.15, -0.1) is 0 Å². The number of nitrogens with zero attached hydrogens (tertiary/aromatic N) is 1. The van der Waals surface area contributed by atoms with Crippen molar-refractivity contribution in [2.24, 2.45) is 0 Å². The van der Waals surface area contributed by atoms with E-state index in [2.05, 4.69) is 42.0 Å². The number of benzene rings is 1. The van der Waals surface area contributed by atoms with E-state index in [0.29, 0.717) is 10.6 Å². The predicted octanol–water partition coefficient (Wildman–Crippen LogP) is 4.30. The van der Waals surface area contributed by atoms with Crippen molar-refractivity contribution in [2.45, 2.75) is 32.6 Å². The van der Waals surface area contributed by atoms with Gasteiger partial charge >= 0.3 is 0 Å². The highest BCUT2D eigenvalue weighted by molar-refractivity contribution is 7.71. The van der Waals surface area contributed by atoms with Crippen LogP contribution in [-0.2, 0) is 0 Å². The molecule has 1 N–H and O–H groups in total. The van der Waals surface area contributed by atoms with Crippen molar-refractivity contribution in [1.82, 2.24) is 9.97 Å². The molecule has 0 unspecified atom stereocenters. The third kappa shape index (κ3) is 2.23. The van der Waals surface area contributed by atoms with Crippen molar-refractivity contribution in [3.63, 3.8) is 0 Å². The highest BCUT2D eigenvalue weighted by atomic mass is 32.1. The summed E-state index contributed by atoms with van der Waals surface area (Å²) in [5.41, 5.74) is 4.85. The molecule has 0 atom stereocenters. The minimum absolute atomic E-state index is 0.594. The van der Waals surface area contributed by atoms with Crippen LogP contribution in [0.3, 0.4) is 0 Å². The first-order valence-corrected chi connectivity index (χ1v) is 6.73. The zero-order chi connectivity index (χ0) is 12.7. The van der Waals surface area contributed by atoms with Gasteiger partial charge in [0.15, 0.2) is 0 Å². The quantitative estimate of drug-likeness (QED) is 0.811. The van der Waals surface area contributed by atoms with Crippen molar-refractivity contribution in [3.05, 3.63) is 45.9 Å². The number of hydrogen-bond donors (Lipinski definition) is 1. The molecule has 1 aromatic carbocycles. The second-order valence-electron chi connectivity index (χ2n) is 5.11. The highest BCUT2D eigenvalue weighted by Gasteiger charge is 2.26. The lowest BCUT2D eigenvalue weighted by Crippen LogP contribution is -1.96. The zero-order valence-electron chi connectivity index (χ0n) is 10.7. The van der Waals surface area contributed by atoms with Crippen LogP contribution in [0.15, 0.2) is 24.3 Å². The van der Waals surface area contributed by atoms with Crippen molar-refractivity contribution >= 4 is 12.2 Å². The van der Waals surface area contributed by atoms with E-state index in [0.717, 1.165) is 11.5 Å². The van der Waals surface area contributed by atoms with E-state index in [9.17, 15) is 0 Å². The van der Waals surface area contributed by atoms with Crippen molar-refractivity contribution in [1.29, 1.82) is 0 Å². The Hall–Kier alpha value is -1.48. The molecule has 92 valence electrons. The van der Waals surface area contributed by atoms with Crippen LogP contribution >= 0.6 is 12.2 Å². The van der Waals surface area contributed by atoms with Crippen LogP contribution in [0, 0.1) is 18.5 Å². The fourth-order valence-electron chi connectivity index (χ4n) is 2.20. The number of aromatic amines is 1. The minimum Gasteiger partial charge on any atom is -0.343 e. The summed E-state index contributed by atoms with van der Waals surface area (Å²) in [4.78, 5) is 7.89. The normalized spacial score (nSPS) is 14.8. The Morgan fingerprint density at radius 2 is 2.00 bits per heavy atom. The molecule has 0 radical (unpaired) electrons. The fourth-order valence-corrected chi connectivity index (χ4v) is 2.41. The smallest absolute Gasteiger partial charge is 0.130 e. The molecular weight excluding hydrogens is 240 g/mol. The van der Waals surface area contributed by atoms with Gasteiger partial charge < -0.3 is 4.98 Å². The topological polar surface area (TPSA) is 28.7 Å². The third-order valence-corrected chi connectivity index (χ3v) is 3.62. The molecule has 0 amide bonds. The molecule has 1 aliphatic carbocycles. The zero-order valence-corrected chi connectivity index (χ0v) is 11.5. The SMILES string of the molecule is Cc1ccc(C)c(-c2cc(=S)nc(C3CC3)[nH]2)c1. The Balaban J connectivity index is 2.15. The molecule has 2 nitrogen and oxygen atoms in total. The average molecular weight is 256 g/mol. The standard InChI is InChI=1S/C15H16N2S/c1-9-3-4-10(2)12(7-9)13-8-14(18)17-15(16-13)11-5-6-11/h3-4,7-8,11H,5-6H2,1-2H3,(H,16,17,18). The molecule has 1 aliphatic rings. The Morgan fingerprint density at radius 1 is 1.22 bits per heavy atom. The molecule has 3 heteroatoms. The van der Waals surface area contributed by atoms with E-state index < -0.39 is 0 Å². The van der Waals surface area contributed by atoms with Crippen LogP contribution in [0.25, 0.3) is 11.3 Å². The van der Waals surface area contributed by atoms with Crippen LogP contribution in [0.1, 0.15) is 35.7 Å². The summed E-state index contributed by atoms with van der Waals surface area (Å²) in [5, 5.41) is 0. The molecule has 1 aromatic heterocycles. The van der Waals surface area contributed by atoms with Gasteiger partial charge in [-0.1, -0.05) is 29.9 Å². The maximum absolute atomic E-state index is 5.28. The number of rotatable bonds is 2. The lowest BCUT2D eigenvalue weighted by Gasteiger charge is -2.09. The number of hydrogen-bond acceptors (Lipinski definition) is 2. The van der Waals surface area contributed by atoms with Crippen molar-refractivity contribution in [3.8, 4) is 11.3 Å². The van der Waals surface area contributed by atoms with Crippen molar-refractivity contribution < 1.29 is 0 Å². The highest BCUT2D eigenvalue weighted by Crippen LogP contribution is 2.38. The minimum atomic E-state index is 0.594. The summed E-state index contributed by atoms with van der Waals surface area (Å²) in [6.45, 7) is 4.24. The first kappa shape index (κ1) is 11.6. The Bertz CT molecular complexity index is 654. The predicted molar refractivity (Wildman–Crippen MR) is 76.3 cm³/mol. The summed E-state index contributed by atoms with van der Waals surface area (Å²) in [6.07, 6.45) is 2.46. The van der Waals surface area contributed by atoms with Crippen LogP contribution in [0.4, 0.5) is 0 Å². The molecule has 0 saturated heterocycles. The van der Waals surface area contributed by atoms with Crippen LogP contribution in [-0.4, -0.2) is 9.97 Å².